The Kier molecular flexibility index (Phi) is 23.4. The number of amides is 3. The first-order valence-corrected chi connectivity index (χ1v) is 29.7. The molecule has 0 unspecified atom stereocenters. The number of ether oxygens (including phenoxy) is 2. The van der Waals surface area contributed by atoms with Crippen molar-refractivity contribution < 1.29 is 23.9 Å². The van der Waals surface area contributed by atoms with Gasteiger partial charge in [0.25, 0.3) is 0 Å². The first-order valence-electron chi connectivity index (χ1n) is 29.7. The zero-order valence-corrected chi connectivity index (χ0v) is 49.4. The molecule has 0 spiro atoms. The molecule has 7 aromatic rings. The lowest BCUT2D eigenvalue weighted by molar-refractivity contribution is -0.120. The first kappa shape index (κ1) is 62.0. The van der Waals surface area contributed by atoms with Crippen molar-refractivity contribution in [1.82, 2.24) is 54.3 Å². The number of nitrogens with zero attached hydrogens (tertiary/aromatic N) is 11. The summed E-state index contributed by atoms with van der Waals surface area (Å²) in [7, 11) is 3.28. The molecule has 2 fully saturated rings. The van der Waals surface area contributed by atoms with E-state index in [1.165, 1.54) is 51.4 Å². The van der Waals surface area contributed by atoms with E-state index in [1.807, 2.05) is 51.9 Å². The summed E-state index contributed by atoms with van der Waals surface area (Å²) in [5.74, 6) is 4.13. The van der Waals surface area contributed by atoms with E-state index in [4.69, 9.17) is 35.9 Å². The number of imidazole rings is 2. The highest BCUT2D eigenvalue weighted by Crippen LogP contribution is 2.35. The number of aromatic nitrogens is 10. The van der Waals surface area contributed by atoms with Crippen molar-refractivity contribution in [1.29, 1.82) is 0 Å². The minimum atomic E-state index is -0.517. The number of carbonyl (C=O) groups is 3. The number of hydrogen-bond donors (Lipinski definition) is 8. The van der Waals surface area contributed by atoms with Gasteiger partial charge >= 0.3 is 0 Å². The number of primary amides is 2. The van der Waals surface area contributed by atoms with Crippen LogP contribution in [0, 0.1) is 11.8 Å². The second-order valence-corrected chi connectivity index (χ2v) is 21.6. The third kappa shape index (κ3) is 19.5. The number of carbonyl (C=O) groups excluding carboxylic acids is 3. The summed E-state index contributed by atoms with van der Waals surface area (Å²) in [6, 6.07) is 20.1. The lowest BCUT2D eigenvalue weighted by Gasteiger charge is -2.37. The molecule has 10 N–H and O–H groups in total. The highest BCUT2D eigenvalue weighted by atomic mass is 16.5. The molecule has 0 aliphatic heterocycles. The summed E-state index contributed by atoms with van der Waals surface area (Å²) >= 11 is 0. The van der Waals surface area contributed by atoms with Crippen LogP contribution in [0.2, 0.25) is 0 Å². The van der Waals surface area contributed by atoms with Crippen LogP contribution in [-0.2, 0) is 24.4 Å². The van der Waals surface area contributed by atoms with Crippen molar-refractivity contribution in [2.24, 2.45) is 23.3 Å². The van der Waals surface area contributed by atoms with Crippen LogP contribution in [0.4, 0.5) is 47.1 Å². The molecular formula is C61H83N19O5. The Morgan fingerprint density at radius 3 is 1.75 bits per heavy atom. The number of benzene rings is 3. The van der Waals surface area contributed by atoms with E-state index < -0.39 is 11.8 Å². The maximum atomic E-state index is 11.9. The van der Waals surface area contributed by atoms with Gasteiger partial charge in [-0.15, -0.1) is 0 Å². The summed E-state index contributed by atoms with van der Waals surface area (Å²) < 4.78 is 15.9. The minimum Gasteiger partial charge on any atom is -0.496 e. The fourth-order valence-electron chi connectivity index (χ4n) is 10.6. The summed E-state index contributed by atoms with van der Waals surface area (Å²) in [6.45, 7) is 8.34. The topological polar surface area (TPSA) is 310 Å². The smallest absolute Gasteiger partial charge is 0.248 e. The Morgan fingerprint density at radius 2 is 1.20 bits per heavy atom. The molecule has 2 atom stereocenters. The molecule has 4 aromatic heterocycles. The van der Waals surface area contributed by atoms with Crippen LogP contribution in [0.5, 0.6) is 11.5 Å². The quantitative estimate of drug-likeness (QED) is 0.0195. The van der Waals surface area contributed by atoms with Gasteiger partial charge in [-0.1, -0.05) is 50.7 Å². The lowest BCUT2D eigenvalue weighted by atomic mass is 9.84. The molecule has 85 heavy (non-hydrogen) atoms. The van der Waals surface area contributed by atoms with Crippen molar-refractivity contribution >= 4 is 64.8 Å². The van der Waals surface area contributed by atoms with Gasteiger partial charge in [-0.3, -0.25) is 14.4 Å². The Bertz CT molecular complexity index is 3190. The maximum Gasteiger partial charge on any atom is 0.248 e. The molecule has 2 aliphatic rings. The van der Waals surface area contributed by atoms with Gasteiger partial charge in [0, 0.05) is 117 Å². The van der Waals surface area contributed by atoms with Gasteiger partial charge in [-0.05, 0) is 119 Å². The third-order valence-electron chi connectivity index (χ3n) is 15.4. The first-order chi connectivity index (χ1) is 41.4. The van der Waals surface area contributed by atoms with Gasteiger partial charge in [-0.25, -0.2) is 9.97 Å². The van der Waals surface area contributed by atoms with Gasteiger partial charge in [0.05, 0.1) is 26.4 Å². The number of hydrogen-bond acceptors (Lipinski definition) is 19. The fourth-order valence-corrected chi connectivity index (χ4v) is 10.6. The van der Waals surface area contributed by atoms with Crippen LogP contribution >= 0.6 is 0 Å². The van der Waals surface area contributed by atoms with Crippen LogP contribution < -0.4 is 57.7 Å². The van der Waals surface area contributed by atoms with Crippen LogP contribution in [-0.4, -0.2) is 113 Å². The van der Waals surface area contributed by atoms with Crippen molar-refractivity contribution in [3.8, 4) is 11.5 Å². The Morgan fingerprint density at radius 1 is 0.659 bits per heavy atom. The Balaban J connectivity index is 0.000000240. The average molecular weight is 1160 g/mol. The van der Waals surface area contributed by atoms with Crippen LogP contribution in [0.25, 0.3) is 0 Å². The SMILES string of the molecule is CNC(=O)CCCOc1ccc(CN(c2nc(NCCCn3ccnc3)nc(Nc3cccc(C(N)=O)c3)n2)[C@@H](C)C2CCCCC2)c(OC)c1.C[C@H](Nc1nc(NCCCn2ccnc2)nc(Nc2cccc(C(N)=O)c2)n1)C1CCCCC1. The molecule has 24 heteroatoms. The summed E-state index contributed by atoms with van der Waals surface area (Å²) in [5.41, 5.74) is 14.0. The molecule has 0 saturated heterocycles. The van der Waals surface area contributed by atoms with Crippen molar-refractivity contribution in [2.75, 3.05) is 65.3 Å². The zero-order valence-electron chi connectivity index (χ0n) is 49.4. The molecule has 3 aromatic carbocycles. The standard InChI is InChI=1S/C37H50N10O4.C24H33N9O/c1-26(27-10-5-4-6-11-27)47(24-29-15-16-31(23-32(29)50-3)51-21-8-14-33(48)39-2)37-44-35(41-17-9-19-46-20-18-40-25-46)43-36(45-37)42-30-13-7-12-28(22-30)34(38)49;1-17(18-7-3-2-4-8-18)28-23-30-22(27-11-6-13-33-14-12-26-16-33)31-24(32-23)29-20-10-5-9-19(15-20)21(25)34/h7,12-13,15-16,18,20,22-23,25-27H,4-6,8-11,14,17,19,21,24H2,1-3H3,(H2,38,49)(H,39,48)(H2,41,42,43,44,45);5,9-10,12,14-18H,2-4,6-8,11,13H2,1H3,(H2,25,34)(H3,27,28,29,30,31,32)/t26-;17-/m00/s1. The number of nitrogens with one attached hydrogen (secondary N) is 6. The third-order valence-corrected chi connectivity index (χ3v) is 15.4. The molecule has 2 saturated carbocycles. The summed E-state index contributed by atoms with van der Waals surface area (Å²) in [4.78, 5) is 73.9. The molecule has 0 bridgehead atoms. The van der Waals surface area contributed by atoms with E-state index in [-0.39, 0.29) is 18.0 Å². The number of anilines is 8. The van der Waals surface area contributed by atoms with Crippen molar-refractivity contribution in [3.05, 3.63) is 121 Å². The van der Waals surface area contributed by atoms with E-state index in [2.05, 4.69) is 75.6 Å². The Labute approximate surface area is 497 Å². The van der Waals surface area contributed by atoms with Crippen LogP contribution in [0.3, 0.4) is 0 Å². The van der Waals surface area contributed by atoms with Gasteiger partial charge in [0.1, 0.15) is 11.5 Å². The Hall–Kier alpha value is -9.09. The van der Waals surface area contributed by atoms with Gasteiger partial charge in [0.15, 0.2) is 0 Å². The number of aryl methyl sites for hydroxylation is 2. The minimum absolute atomic E-state index is 0.0117. The van der Waals surface area contributed by atoms with E-state index in [0.717, 1.165) is 44.3 Å². The molecule has 4 heterocycles. The predicted octanol–water partition coefficient (Wildman–Crippen LogP) is 9.10. The van der Waals surface area contributed by atoms with E-state index >= 15 is 0 Å². The van der Waals surface area contributed by atoms with E-state index in [1.54, 1.807) is 75.6 Å². The summed E-state index contributed by atoms with van der Waals surface area (Å²) in [6.07, 6.45) is 26.0. The fraction of sp³-hybridized carbons (Fsp3) is 0.459. The van der Waals surface area contributed by atoms with Gasteiger partial charge in [0.2, 0.25) is 53.4 Å². The second-order valence-electron chi connectivity index (χ2n) is 21.6. The lowest BCUT2D eigenvalue weighted by Crippen LogP contribution is -2.40. The van der Waals surface area contributed by atoms with Crippen molar-refractivity contribution in [3.63, 3.8) is 0 Å². The molecule has 24 nitrogen and oxygen atoms in total. The average Bonchev–Trinajstić information content (AvgIpc) is 4.40. The highest BCUT2D eigenvalue weighted by Gasteiger charge is 2.29. The number of nitrogens with two attached hydrogens (primary N) is 2. The van der Waals surface area contributed by atoms with E-state index in [0.29, 0.717) is 121 Å². The molecular weight excluding hydrogens is 1080 g/mol. The molecule has 3 amide bonds. The monoisotopic (exact) mass is 1160 g/mol. The molecule has 452 valence electrons. The number of rotatable bonds is 30. The molecule has 2 aliphatic carbocycles. The van der Waals surface area contributed by atoms with Crippen LogP contribution in [0.15, 0.2) is 104 Å². The second kappa shape index (κ2) is 32.1. The van der Waals surface area contributed by atoms with Crippen molar-refractivity contribution in [2.45, 2.75) is 135 Å². The molecule has 9 rings (SSSR count). The normalized spacial score (nSPS) is 14.2. The predicted molar refractivity (Wildman–Crippen MR) is 330 cm³/mol. The zero-order chi connectivity index (χ0) is 59.8. The molecule has 0 radical (unpaired) electrons. The highest BCUT2D eigenvalue weighted by molar-refractivity contribution is 5.94. The number of methoxy groups -OCH3 is 1. The maximum absolute atomic E-state index is 11.9. The van der Waals surface area contributed by atoms with Gasteiger partial charge in [-0.2, -0.15) is 29.9 Å². The largest absolute Gasteiger partial charge is 0.496 e. The summed E-state index contributed by atoms with van der Waals surface area (Å²) in [5, 5.41) is 19.3. The van der Waals surface area contributed by atoms with Gasteiger partial charge < -0.3 is 66.9 Å². The van der Waals surface area contributed by atoms with Crippen LogP contribution in [0.1, 0.15) is 130 Å². The van der Waals surface area contributed by atoms with E-state index in [9.17, 15) is 14.4 Å².